The molecular formula is C13H28N2. The van der Waals surface area contributed by atoms with Crippen molar-refractivity contribution in [2.45, 2.75) is 46.5 Å². The van der Waals surface area contributed by atoms with Gasteiger partial charge in [0.1, 0.15) is 0 Å². The van der Waals surface area contributed by atoms with Crippen LogP contribution < -0.4 is 5.73 Å². The van der Waals surface area contributed by atoms with Crippen LogP contribution in [0.25, 0.3) is 0 Å². The van der Waals surface area contributed by atoms with Crippen molar-refractivity contribution in [3.63, 3.8) is 0 Å². The van der Waals surface area contributed by atoms with E-state index in [2.05, 4.69) is 25.7 Å². The molecule has 0 amide bonds. The first-order valence-corrected chi connectivity index (χ1v) is 6.50. The zero-order valence-corrected chi connectivity index (χ0v) is 10.8. The Hall–Kier alpha value is -0.0800. The molecule has 0 unspecified atom stereocenters. The van der Waals surface area contributed by atoms with Gasteiger partial charge in [0.2, 0.25) is 0 Å². The fourth-order valence-electron chi connectivity index (χ4n) is 1.93. The summed E-state index contributed by atoms with van der Waals surface area (Å²) in [5, 5.41) is 0. The lowest BCUT2D eigenvalue weighted by atomic mass is 9.88. The van der Waals surface area contributed by atoms with Gasteiger partial charge in [-0.25, -0.2) is 0 Å². The van der Waals surface area contributed by atoms with Crippen LogP contribution in [0.15, 0.2) is 0 Å². The standard InChI is InChI=1S/C13H28N2/c1-4-15(10-12-6-7-12)9-5-8-13(2,3)11-14/h12H,4-11,14H2,1-3H3. The SMILES string of the molecule is CCN(CCCC(C)(C)CN)CC1CC1. The van der Waals surface area contributed by atoms with Gasteiger partial charge in [-0.1, -0.05) is 20.8 Å². The van der Waals surface area contributed by atoms with E-state index in [-0.39, 0.29) is 0 Å². The van der Waals surface area contributed by atoms with Gasteiger partial charge in [0.25, 0.3) is 0 Å². The molecule has 1 saturated carbocycles. The minimum atomic E-state index is 0.332. The van der Waals surface area contributed by atoms with E-state index in [1.54, 1.807) is 0 Å². The van der Waals surface area contributed by atoms with Crippen molar-refractivity contribution in [1.82, 2.24) is 4.90 Å². The van der Waals surface area contributed by atoms with E-state index in [1.807, 2.05) is 0 Å². The molecule has 0 heterocycles. The first-order chi connectivity index (χ1) is 7.07. The van der Waals surface area contributed by atoms with Crippen LogP contribution in [0.1, 0.15) is 46.5 Å². The van der Waals surface area contributed by atoms with Gasteiger partial charge in [-0.15, -0.1) is 0 Å². The zero-order chi connectivity index (χ0) is 11.3. The fraction of sp³-hybridized carbons (Fsp3) is 1.00. The van der Waals surface area contributed by atoms with Crippen LogP contribution in [0.5, 0.6) is 0 Å². The molecular weight excluding hydrogens is 184 g/mol. The van der Waals surface area contributed by atoms with Crippen molar-refractivity contribution < 1.29 is 0 Å². The van der Waals surface area contributed by atoms with Gasteiger partial charge in [0, 0.05) is 6.54 Å². The fourth-order valence-corrected chi connectivity index (χ4v) is 1.93. The molecule has 0 radical (unpaired) electrons. The predicted molar refractivity (Wildman–Crippen MR) is 66.9 cm³/mol. The molecule has 1 fully saturated rings. The number of nitrogens with zero attached hydrogens (tertiary/aromatic N) is 1. The van der Waals surface area contributed by atoms with E-state index in [0.29, 0.717) is 5.41 Å². The molecule has 0 aromatic rings. The Labute approximate surface area is 95.2 Å². The highest BCUT2D eigenvalue weighted by molar-refractivity contribution is 4.77. The van der Waals surface area contributed by atoms with Crippen molar-refractivity contribution in [1.29, 1.82) is 0 Å². The monoisotopic (exact) mass is 212 g/mol. The Bertz CT molecular complexity index is 173. The molecule has 2 heteroatoms. The molecule has 90 valence electrons. The van der Waals surface area contributed by atoms with Gasteiger partial charge in [-0.05, 0) is 56.7 Å². The number of nitrogens with two attached hydrogens (primary N) is 1. The highest BCUT2D eigenvalue weighted by Crippen LogP contribution is 2.30. The molecule has 0 atom stereocenters. The summed E-state index contributed by atoms with van der Waals surface area (Å²) < 4.78 is 0. The van der Waals surface area contributed by atoms with Crippen molar-refractivity contribution in [3.05, 3.63) is 0 Å². The Balaban J connectivity index is 2.10. The molecule has 0 aromatic carbocycles. The Morgan fingerprint density at radius 1 is 1.33 bits per heavy atom. The molecule has 0 spiro atoms. The molecule has 1 aliphatic rings. The Morgan fingerprint density at radius 2 is 2.00 bits per heavy atom. The largest absolute Gasteiger partial charge is 0.330 e. The van der Waals surface area contributed by atoms with Gasteiger partial charge >= 0.3 is 0 Å². The molecule has 0 aromatic heterocycles. The average Bonchev–Trinajstić information content (AvgIpc) is 3.00. The average molecular weight is 212 g/mol. The quantitative estimate of drug-likeness (QED) is 0.670. The van der Waals surface area contributed by atoms with Crippen molar-refractivity contribution >= 4 is 0 Å². The van der Waals surface area contributed by atoms with Crippen molar-refractivity contribution in [2.75, 3.05) is 26.2 Å². The van der Waals surface area contributed by atoms with Crippen molar-refractivity contribution in [2.24, 2.45) is 17.1 Å². The third-order valence-corrected chi connectivity index (χ3v) is 3.54. The lowest BCUT2D eigenvalue weighted by Gasteiger charge is -2.25. The molecule has 1 rings (SSSR count). The Kier molecular flexibility index (Phi) is 5.07. The van der Waals surface area contributed by atoms with Crippen LogP contribution in [0.2, 0.25) is 0 Å². The molecule has 1 aliphatic carbocycles. The molecule has 2 N–H and O–H groups in total. The lowest BCUT2D eigenvalue weighted by molar-refractivity contribution is 0.245. The summed E-state index contributed by atoms with van der Waals surface area (Å²) in [5.41, 5.74) is 6.07. The van der Waals surface area contributed by atoms with Crippen LogP contribution in [-0.4, -0.2) is 31.1 Å². The molecule has 2 nitrogen and oxygen atoms in total. The first kappa shape index (κ1) is 13.0. The van der Waals surface area contributed by atoms with E-state index in [9.17, 15) is 0 Å². The van der Waals surface area contributed by atoms with Crippen LogP contribution in [0.3, 0.4) is 0 Å². The molecule has 15 heavy (non-hydrogen) atoms. The number of hydrogen-bond donors (Lipinski definition) is 1. The van der Waals surface area contributed by atoms with Gasteiger partial charge < -0.3 is 10.6 Å². The Morgan fingerprint density at radius 3 is 2.47 bits per heavy atom. The normalized spacial score (nSPS) is 17.4. The van der Waals surface area contributed by atoms with E-state index in [1.165, 1.54) is 45.3 Å². The summed E-state index contributed by atoms with van der Waals surface area (Å²) in [7, 11) is 0. The third kappa shape index (κ3) is 5.53. The second kappa shape index (κ2) is 5.86. The predicted octanol–water partition coefficient (Wildman–Crippen LogP) is 2.48. The van der Waals surface area contributed by atoms with Crippen molar-refractivity contribution in [3.8, 4) is 0 Å². The maximum Gasteiger partial charge on any atom is 0.000954 e. The second-order valence-electron chi connectivity index (χ2n) is 5.81. The smallest absolute Gasteiger partial charge is 0.000954 e. The first-order valence-electron chi connectivity index (χ1n) is 6.50. The topological polar surface area (TPSA) is 29.3 Å². The summed E-state index contributed by atoms with van der Waals surface area (Å²) in [5.74, 6) is 1.02. The molecule has 0 aliphatic heterocycles. The maximum absolute atomic E-state index is 5.73. The number of rotatable bonds is 8. The van der Waals surface area contributed by atoms with Crippen LogP contribution in [-0.2, 0) is 0 Å². The summed E-state index contributed by atoms with van der Waals surface area (Å²) in [6.45, 7) is 11.4. The third-order valence-electron chi connectivity index (χ3n) is 3.54. The molecule has 0 saturated heterocycles. The summed E-state index contributed by atoms with van der Waals surface area (Å²) in [6, 6.07) is 0. The van der Waals surface area contributed by atoms with Gasteiger partial charge in [0.05, 0.1) is 0 Å². The number of hydrogen-bond acceptors (Lipinski definition) is 2. The van der Waals surface area contributed by atoms with Gasteiger partial charge in [-0.3, -0.25) is 0 Å². The van der Waals surface area contributed by atoms with Crippen LogP contribution in [0.4, 0.5) is 0 Å². The van der Waals surface area contributed by atoms with E-state index in [4.69, 9.17) is 5.73 Å². The highest BCUT2D eigenvalue weighted by atomic mass is 15.1. The van der Waals surface area contributed by atoms with Gasteiger partial charge in [0.15, 0.2) is 0 Å². The van der Waals surface area contributed by atoms with E-state index < -0.39 is 0 Å². The minimum Gasteiger partial charge on any atom is -0.330 e. The van der Waals surface area contributed by atoms with Gasteiger partial charge in [-0.2, -0.15) is 0 Å². The maximum atomic E-state index is 5.73. The highest BCUT2D eigenvalue weighted by Gasteiger charge is 2.23. The lowest BCUT2D eigenvalue weighted by Crippen LogP contribution is -2.29. The minimum absolute atomic E-state index is 0.332. The van der Waals surface area contributed by atoms with E-state index >= 15 is 0 Å². The summed E-state index contributed by atoms with van der Waals surface area (Å²) in [4.78, 5) is 2.60. The van der Waals surface area contributed by atoms with Crippen LogP contribution in [0, 0.1) is 11.3 Å². The van der Waals surface area contributed by atoms with E-state index in [0.717, 1.165) is 12.5 Å². The summed E-state index contributed by atoms with van der Waals surface area (Å²) >= 11 is 0. The summed E-state index contributed by atoms with van der Waals surface area (Å²) in [6.07, 6.45) is 5.48. The zero-order valence-electron chi connectivity index (χ0n) is 10.8. The van der Waals surface area contributed by atoms with Crippen LogP contribution >= 0.6 is 0 Å². The second-order valence-corrected chi connectivity index (χ2v) is 5.81. The molecule has 0 bridgehead atoms.